The zero-order chi connectivity index (χ0) is 31.4. The van der Waals surface area contributed by atoms with E-state index >= 15 is 0 Å². The first-order valence-electron chi connectivity index (χ1n) is 16.2. The van der Waals surface area contributed by atoms with E-state index in [4.69, 9.17) is 9.57 Å². The number of aliphatic hydroxyl groups excluding tert-OH is 2. The summed E-state index contributed by atoms with van der Waals surface area (Å²) in [6.45, 7) is 20.4. The standard InChI is InChI=1S/C35H57NO6/c1-20(2)12-11-13-23(31(40)36-42-32(5,6)7)29-25-18-27(39)30-33(8)16-15-26(38)21(3)24(33)14-17-34(30,9)35(25,10)19-28(29)41-22(4)37/h12,21,24-28,30,38-39H,11,13-19H2,1-10H3,(H,36,40)/b29-23-/t21-,24-,25-,26+,27+,28-,30-,33-,34-,35-/m0/s1. The van der Waals surface area contributed by atoms with Crippen LogP contribution in [0.1, 0.15) is 121 Å². The molecule has 42 heavy (non-hydrogen) atoms. The highest BCUT2D eigenvalue weighted by atomic mass is 16.7. The third-order valence-corrected chi connectivity index (χ3v) is 12.0. The minimum atomic E-state index is -0.564. The highest BCUT2D eigenvalue weighted by Gasteiger charge is 2.70. The van der Waals surface area contributed by atoms with Gasteiger partial charge in [0.2, 0.25) is 0 Å². The van der Waals surface area contributed by atoms with E-state index in [0.717, 1.165) is 31.3 Å². The summed E-state index contributed by atoms with van der Waals surface area (Å²) in [7, 11) is 0. The second-order valence-electron chi connectivity index (χ2n) is 16.0. The van der Waals surface area contributed by atoms with Crippen molar-refractivity contribution >= 4 is 11.9 Å². The molecule has 0 aromatic heterocycles. The van der Waals surface area contributed by atoms with Crippen LogP contribution < -0.4 is 5.48 Å². The second-order valence-corrected chi connectivity index (χ2v) is 16.0. The molecule has 238 valence electrons. The van der Waals surface area contributed by atoms with Crippen LogP contribution in [-0.2, 0) is 19.2 Å². The number of amides is 1. The van der Waals surface area contributed by atoms with Crippen LogP contribution in [-0.4, -0.2) is 46.0 Å². The number of carbonyl (C=O) groups is 2. The molecule has 0 unspecified atom stereocenters. The van der Waals surface area contributed by atoms with Gasteiger partial charge in [0.15, 0.2) is 0 Å². The van der Waals surface area contributed by atoms with Crippen molar-refractivity contribution in [1.29, 1.82) is 0 Å². The van der Waals surface area contributed by atoms with Gasteiger partial charge in [-0.25, -0.2) is 5.48 Å². The Bertz CT molecular complexity index is 1120. The molecular formula is C35H57NO6. The Kier molecular flexibility index (Phi) is 9.22. The Balaban J connectivity index is 1.83. The van der Waals surface area contributed by atoms with Crippen molar-refractivity contribution in [2.75, 3.05) is 0 Å². The van der Waals surface area contributed by atoms with Gasteiger partial charge in [0.05, 0.1) is 17.8 Å². The van der Waals surface area contributed by atoms with E-state index < -0.39 is 17.8 Å². The van der Waals surface area contributed by atoms with Crippen LogP contribution in [0.15, 0.2) is 22.8 Å². The summed E-state index contributed by atoms with van der Waals surface area (Å²) in [5.41, 5.74) is 4.19. The van der Waals surface area contributed by atoms with Crippen molar-refractivity contribution in [2.45, 2.75) is 145 Å². The van der Waals surface area contributed by atoms with E-state index in [0.29, 0.717) is 37.2 Å². The molecule has 0 saturated heterocycles. The highest BCUT2D eigenvalue weighted by molar-refractivity contribution is 5.94. The molecule has 7 nitrogen and oxygen atoms in total. The number of hydrogen-bond donors (Lipinski definition) is 3. The molecule has 4 rings (SSSR count). The van der Waals surface area contributed by atoms with Crippen molar-refractivity contribution in [2.24, 2.45) is 39.9 Å². The van der Waals surface area contributed by atoms with E-state index in [1.165, 1.54) is 12.5 Å². The number of hydrogen-bond acceptors (Lipinski definition) is 6. The lowest BCUT2D eigenvalue weighted by atomic mass is 9.36. The van der Waals surface area contributed by atoms with E-state index in [2.05, 4.69) is 39.3 Å². The van der Waals surface area contributed by atoms with Gasteiger partial charge in [-0.15, -0.1) is 0 Å². The Morgan fingerprint density at radius 2 is 1.69 bits per heavy atom. The van der Waals surface area contributed by atoms with Crippen molar-refractivity contribution < 1.29 is 29.4 Å². The van der Waals surface area contributed by atoms with E-state index in [-0.39, 0.29) is 52.0 Å². The predicted molar refractivity (Wildman–Crippen MR) is 164 cm³/mol. The number of aliphatic hydroxyl groups is 2. The Hall–Kier alpha value is -1.70. The van der Waals surface area contributed by atoms with Crippen LogP contribution in [0.5, 0.6) is 0 Å². The smallest absolute Gasteiger partial charge is 0.303 e. The summed E-state index contributed by atoms with van der Waals surface area (Å²) < 4.78 is 6.06. The lowest BCUT2D eigenvalue weighted by Gasteiger charge is -2.69. The molecular weight excluding hydrogens is 530 g/mol. The number of hydroxylamine groups is 1. The van der Waals surface area contributed by atoms with Gasteiger partial charge in [-0.2, -0.15) is 0 Å². The van der Waals surface area contributed by atoms with E-state index in [1.54, 1.807) is 0 Å². The molecule has 0 spiro atoms. The lowest BCUT2D eigenvalue weighted by Crippen LogP contribution is -2.65. The number of ether oxygens (including phenoxy) is 1. The van der Waals surface area contributed by atoms with Gasteiger partial charge < -0.3 is 14.9 Å². The topological polar surface area (TPSA) is 105 Å². The fourth-order valence-electron chi connectivity index (χ4n) is 10.1. The number of nitrogens with one attached hydrogen (secondary N) is 1. The van der Waals surface area contributed by atoms with Gasteiger partial charge in [-0.05, 0) is 131 Å². The maximum Gasteiger partial charge on any atom is 0.303 e. The maximum atomic E-state index is 13.9. The molecule has 7 heteroatoms. The first kappa shape index (κ1) is 33.2. The average Bonchev–Trinajstić information content (AvgIpc) is 3.13. The summed E-state index contributed by atoms with van der Waals surface area (Å²) in [5, 5.41) is 22.9. The van der Waals surface area contributed by atoms with Gasteiger partial charge in [0, 0.05) is 12.5 Å². The molecule has 3 N–H and O–H groups in total. The van der Waals surface area contributed by atoms with Crippen LogP contribution in [0, 0.1) is 39.9 Å². The van der Waals surface area contributed by atoms with Gasteiger partial charge in [0.1, 0.15) is 6.10 Å². The molecule has 0 aliphatic heterocycles. The summed E-state index contributed by atoms with van der Waals surface area (Å²) >= 11 is 0. The summed E-state index contributed by atoms with van der Waals surface area (Å²) in [6, 6.07) is 0. The van der Waals surface area contributed by atoms with Crippen LogP contribution in [0.4, 0.5) is 0 Å². The van der Waals surface area contributed by atoms with Gasteiger partial charge in [-0.3, -0.25) is 14.4 Å². The molecule has 0 radical (unpaired) electrons. The minimum Gasteiger partial charge on any atom is -0.458 e. The molecule has 0 aromatic carbocycles. The van der Waals surface area contributed by atoms with Gasteiger partial charge in [-0.1, -0.05) is 39.3 Å². The number of esters is 1. The van der Waals surface area contributed by atoms with E-state index in [1.807, 2.05) is 34.6 Å². The third-order valence-electron chi connectivity index (χ3n) is 12.0. The zero-order valence-electron chi connectivity index (χ0n) is 27.8. The fourth-order valence-corrected chi connectivity index (χ4v) is 10.1. The summed E-state index contributed by atoms with van der Waals surface area (Å²) in [4.78, 5) is 32.1. The Morgan fingerprint density at radius 3 is 2.29 bits per heavy atom. The Morgan fingerprint density at radius 1 is 1.02 bits per heavy atom. The predicted octanol–water partition coefficient (Wildman–Crippen LogP) is 6.43. The summed E-state index contributed by atoms with van der Waals surface area (Å²) in [6.07, 6.45) is 6.69. The van der Waals surface area contributed by atoms with Gasteiger partial charge >= 0.3 is 5.97 Å². The monoisotopic (exact) mass is 587 g/mol. The van der Waals surface area contributed by atoms with Crippen LogP contribution in [0.25, 0.3) is 0 Å². The third kappa shape index (κ3) is 5.75. The normalized spacial score (nSPS) is 42.5. The van der Waals surface area contributed by atoms with Crippen LogP contribution in [0.2, 0.25) is 0 Å². The maximum absolute atomic E-state index is 13.9. The molecule has 10 atom stereocenters. The molecule has 1 amide bonds. The SMILES string of the molecule is CC(=O)O[C@H]1C[C@@]2(C)[C@@H](C[C@@H](O)[C@H]3[C@@]4(C)CC[C@@H](O)[C@@H](C)[C@@H]4CC[C@@]32C)/C1=C(\CCC=C(C)C)C(=O)NOC(C)(C)C. The molecule has 4 aliphatic rings. The average molecular weight is 588 g/mol. The Labute approximate surface area is 253 Å². The van der Waals surface area contributed by atoms with Crippen molar-refractivity contribution in [1.82, 2.24) is 5.48 Å². The van der Waals surface area contributed by atoms with Crippen LogP contribution >= 0.6 is 0 Å². The largest absolute Gasteiger partial charge is 0.458 e. The van der Waals surface area contributed by atoms with Crippen molar-refractivity contribution in [3.63, 3.8) is 0 Å². The van der Waals surface area contributed by atoms with Gasteiger partial charge in [0.25, 0.3) is 5.91 Å². The number of rotatable bonds is 6. The van der Waals surface area contributed by atoms with Crippen molar-refractivity contribution in [3.05, 3.63) is 22.8 Å². The molecule has 0 bridgehead atoms. The second kappa shape index (κ2) is 11.7. The van der Waals surface area contributed by atoms with E-state index in [9.17, 15) is 19.8 Å². The lowest BCUT2D eigenvalue weighted by molar-refractivity contribution is -0.234. The zero-order valence-corrected chi connectivity index (χ0v) is 27.8. The van der Waals surface area contributed by atoms with Crippen LogP contribution in [0.3, 0.4) is 0 Å². The summed E-state index contributed by atoms with van der Waals surface area (Å²) in [5.74, 6) is -0.142. The molecule has 0 aromatic rings. The molecule has 0 heterocycles. The molecule has 4 aliphatic carbocycles. The highest BCUT2D eigenvalue weighted by Crippen LogP contribution is 2.74. The minimum absolute atomic E-state index is 0.0597. The quantitative estimate of drug-likeness (QED) is 0.143. The first-order chi connectivity index (χ1) is 19.4. The molecule has 4 saturated carbocycles. The van der Waals surface area contributed by atoms with Crippen molar-refractivity contribution in [3.8, 4) is 0 Å². The first-order valence-corrected chi connectivity index (χ1v) is 16.2. The number of fused-ring (bicyclic) bond motifs is 5. The number of carbonyl (C=O) groups excluding carboxylic acids is 2. The number of allylic oxidation sites excluding steroid dienone is 2. The fraction of sp³-hybridized carbons (Fsp3) is 0.829. The molecule has 4 fully saturated rings.